The molecule has 0 aliphatic carbocycles. The minimum atomic E-state index is -0.496. The fraction of sp³-hybridized carbons (Fsp3) is 0.278. The molecule has 0 bridgehead atoms. The molecule has 140 valence electrons. The number of nitrogens with zero attached hydrogens (tertiary/aromatic N) is 4. The van der Waals surface area contributed by atoms with Crippen LogP contribution < -0.4 is 10.9 Å². The maximum absolute atomic E-state index is 12.4. The van der Waals surface area contributed by atoms with E-state index in [-0.39, 0.29) is 11.6 Å². The Balaban J connectivity index is 1.66. The van der Waals surface area contributed by atoms with Gasteiger partial charge < -0.3 is 10.3 Å². The van der Waals surface area contributed by atoms with Crippen LogP contribution in [0, 0.1) is 0 Å². The van der Waals surface area contributed by atoms with E-state index in [0.717, 1.165) is 4.90 Å². The molecule has 9 heteroatoms. The molecule has 0 spiro atoms. The SMILES string of the molecule is CCn1ncnc1[C@H](C)NC(=O)c1cnc(CSc2ccccc2)[nH]c1=O. The van der Waals surface area contributed by atoms with E-state index in [2.05, 4.69) is 25.4 Å². The Labute approximate surface area is 160 Å². The molecule has 0 unspecified atom stereocenters. The van der Waals surface area contributed by atoms with E-state index >= 15 is 0 Å². The van der Waals surface area contributed by atoms with Crippen LogP contribution in [0.5, 0.6) is 0 Å². The molecular weight excluding hydrogens is 364 g/mol. The van der Waals surface area contributed by atoms with Crippen molar-refractivity contribution in [3.8, 4) is 0 Å². The molecule has 0 fully saturated rings. The van der Waals surface area contributed by atoms with Crippen molar-refractivity contribution in [2.75, 3.05) is 0 Å². The number of H-pyrrole nitrogens is 1. The molecular formula is C18H20N6O2S. The second kappa shape index (κ2) is 8.63. The van der Waals surface area contributed by atoms with Crippen molar-refractivity contribution in [3.05, 3.63) is 70.4 Å². The zero-order chi connectivity index (χ0) is 19.2. The number of nitrogens with one attached hydrogen (secondary N) is 2. The summed E-state index contributed by atoms with van der Waals surface area (Å²) in [6, 6.07) is 9.44. The highest BCUT2D eigenvalue weighted by molar-refractivity contribution is 7.98. The van der Waals surface area contributed by atoms with E-state index in [4.69, 9.17) is 0 Å². The average molecular weight is 384 g/mol. The molecule has 1 aromatic carbocycles. The van der Waals surface area contributed by atoms with Crippen molar-refractivity contribution in [1.29, 1.82) is 0 Å². The van der Waals surface area contributed by atoms with Crippen LogP contribution in [0.1, 0.15) is 41.9 Å². The van der Waals surface area contributed by atoms with Gasteiger partial charge in [0, 0.05) is 17.6 Å². The van der Waals surface area contributed by atoms with E-state index in [9.17, 15) is 9.59 Å². The van der Waals surface area contributed by atoms with Crippen LogP contribution in [0.3, 0.4) is 0 Å². The summed E-state index contributed by atoms with van der Waals surface area (Å²) in [5.74, 6) is 1.16. The van der Waals surface area contributed by atoms with Gasteiger partial charge in [0.1, 0.15) is 23.5 Å². The zero-order valence-electron chi connectivity index (χ0n) is 15.0. The molecule has 3 aromatic rings. The number of hydrogen-bond acceptors (Lipinski definition) is 6. The Bertz CT molecular complexity index is 969. The zero-order valence-corrected chi connectivity index (χ0v) is 15.9. The van der Waals surface area contributed by atoms with Crippen molar-refractivity contribution in [2.24, 2.45) is 0 Å². The number of carbonyl (C=O) groups excluding carboxylic acids is 1. The van der Waals surface area contributed by atoms with E-state index in [1.165, 1.54) is 12.5 Å². The molecule has 27 heavy (non-hydrogen) atoms. The van der Waals surface area contributed by atoms with Crippen LogP contribution >= 0.6 is 11.8 Å². The predicted molar refractivity (Wildman–Crippen MR) is 102 cm³/mol. The Morgan fingerprint density at radius 1 is 1.30 bits per heavy atom. The molecule has 1 amide bonds. The van der Waals surface area contributed by atoms with E-state index in [1.54, 1.807) is 23.4 Å². The van der Waals surface area contributed by atoms with Gasteiger partial charge in [-0.05, 0) is 26.0 Å². The second-order valence-corrected chi connectivity index (χ2v) is 6.85. The van der Waals surface area contributed by atoms with Crippen molar-refractivity contribution in [2.45, 2.75) is 37.1 Å². The quantitative estimate of drug-likeness (QED) is 0.605. The molecule has 3 rings (SSSR count). The summed E-state index contributed by atoms with van der Waals surface area (Å²) in [5, 5.41) is 6.85. The van der Waals surface area contributed by atoms with Gasteiger partial charge in [0.2, 0.25) is 0 Å². The largest absolute Gasteiger partial charge is 0.342 e. The van der Waals surface area contributed by atoms with Crippen LogP contribution in [0.25, 0.3) is 0 Å². The second-order valence-electron chi connectivity index (χ2n) is 5.80. The normalized spacial score (nSPS) is 11.9. The fourth-order valence-corrected chi connectivity index (χ4v) is 3.33. The van der Waals surface area contributed by atoms with Crippen molar-refractivity contribution < 1.29 is 4.79 Å². The molecule has 2 heterocycles. The first-order chi connectivity index (χ1) is 13.1. The van der Waals surface area contributed by atoms with E-state index in [1.807, 2.05) is 37.3 Å². The predicted octanol–water partition coefficient (Wildman–Crippen LogP) is 2.16. The maximum atomic E-state index is 12.4. The minimum absolute atomic E-state index is 0.0297. The summed E-state index contributed by atoms with van der Waals surface area (Å²) in [7, 11) is 0. The number of aromatic nitrogens is 5. The highest BCUT2D eigenvalue weighted by Gasteiger charge is 2.18. The summed E-state index contributed by atoms with van der Waals surface area (Å²) in [6.07, 6.45) is 2.75. The molecule has 2 aromatic heterocycles. The van der Waals surface area contributed by atoms with Gasteiger partial charge in [0.05, 0.1) is 11.8 Å². The van der Waals surface area contributed by atoms with Crippen LogP contribution in [0.15, 0.2) is 52.5 Å². The number of rotatable bonds is 7. The molecule has 0 saturated heterocycles. The smallest absolute Gasteiger partial charge is 0.263 e. The van der Waals surface area contributed by atoms with Gasteiger partial charge in [-0.1, -0.05) is 18.2 Å². The third kappa shape index (κ3) is 4.62. The number of thioether (sulfide) groups is 1. The number of aromatic amines is 1. The highest BCUT2D eigenvalue weighted by atomic mass is 32.2. The van der Waals surface area contributed by atoms with E-state index in [0.29, 0.717) is 23.9 Å². The summed E-state index contributed by atoms with van der Waals surface area (Å²) >= 11 is 1.56. The Morgan fingerprint density at radius 2 is 2.07 bits per heavy atom. The van der Waals surface area contributed by atoms with Crippen LogP contribution in [0.4, 0.5) is 0 Å². The van der Waals surface area contributed by atoms with Gasteiger partial charge in [-0.15, -0.1) is 11.8 Å². The highest BCUT2D eigenvalue weighted by Crippen LogP contribution is 2.20. The van der Waals surface area contributed by atoms with Crippen molar-refractivity contribution >= 4 is 17.7 Å². The van der Waals surface area contributed by atoms with E-state index < -0.39 is 11.5 Å². The Morgan fingerprint density at radius 3 is 2.78 bits per heavy atom. The topological polar surface area (TPSA) is 106 Å². The molecule has 1 atom stereocenters. The molecule has 0 aliphatic heterocycles. The molecule has 8 nitrogen and oxygen atoms in total. The number of hydrogen-bond donors (Lipinski definition) is 2. The lowest BCUT2D eigenvalue weighted by Crippen LogP contribution is -2.33. The number of aryl methyl sites for hydroxylation is 1. The lowest BCUT2D eigenvalue weighted by molar-refractivity contribution is 0.0935. The third-order valence-electron chi connectivity index (χ3n) is 3.90. The molecule has 2 N–H and O–H groups in total. The van der Waals surface area contributed by atoms with Gasteiger partial charge in [-0.2, -0.15) is 5.10 Å². The number of amides is 1. The summed E-state index contributed by atoms with van der Waals surface area (Å²) in [5.41, 5.74) is -0.492. The first kappa shape index (κ1) is 18.8. The van der Waals surface area contributed by atoms with Gasteiger partial charge >= 0.3 is 0 Å². The standard InChI is InChI=1S/C18H20N6O2S/c1-3-24-16(20-11-21-24)12(2)22-17(25)14-9-19-15(23-18(14)26)10-27-13-7-5-4-6-8-13/h4-9,11-12H,3,10H2,1-2H3,(H,22,25)(H,19,23,26)/t12-/m0/s1. The van der Waals surface area contributed by atoms with Gasteiger partial charge in [0.15, 0.2) is 0 Å². The lowest BCUT2D eigenvalue weighted by atomic mass is 10.2. The van der Waals surface area contributed by atoms with Gasteiger partial charge in [-0.25, -0.2) is 14.6 Å². The fourth-order valence-electron chi connectivity index (χ4n) is 2.53. The van der Waals surface area contributed by atoms with Crippen molar-refractivity contribution in [3.63, 3.8) is 0 Å². The average Bonchev–Trinajstić information content (AvgIpc) is 3.16. The first-order valence-electron chi connectivity index (χ1n) is 8.53. The van der Waals surface area contributed by atoms with Gasteiger partial charge in [-0.3, -0.25) is 9.59 Å². The third-order valence-corrected chi connectivity index (χ3v) is 4.92. The first-order valence-corrected chi connectivity index (χ1v) is 9.51. The molecule has 0 aliphatic rings. The van der Waals surface area contributed by atoms with Gasteiger partial charge in [0.25, 0.3) is 11.5 Å². The molecule has 0 radical (unpaired) electrons. The number of carbonyl (C=O) groups is 1. The number of benzene rings is 1. The van der Waals surface area contributed by atoms with Crippen molar-refractivity contribution in [1.82, 2.24) is 30.0 Å². The van der Waals surface area contributed by atoms with Crippen LogP contribution in [-0.2, 0) is 12.3 Å². The van der Waals surface area contributed by atoms with Crippen LogP contribution in [-0.4, -0.2) is 30.6 Å². The molecule has 0 saturated carbocycles. The minimum Gasteiger partial charge on any atom is -0.342 e. The summed E-state index contributed by atoms with van der Waals surface area (Å²) < 4.78 is 1.69. The monoisotopic (exact) mass is 384 g/mol. The Hall–Kier alpha value is -2.94. The lowest BCUT2D eigenvalue weighted by Gasteiger charge is -2.13. The Kier molecular flexibility index (Phi) is 6.02. The summed E-state index contributed by atoms with van der Waals surface area (Å²) in [4.78, 5) is 36.8. The summed E-state index contributed by atoms with van der Waals surface area (Å²) in [6.45, 7) is 4.37. The maximum Gasteiger partial charge on any atom is 0.263 e. The van der Waals surface area contributed by atoms with Crippen LogP contribution in [0.2, 0.25) is 0 Å².